The molecule has 2 fully saturated rings. The topological polar surface area (TPSA) is 42.3 Å². The van der Waals surface area contributed by atoms with E-state index in [-0.39, 0.29) is 12.1 Å². The highest BCUT2D eigenvalue weighted by Gasteiger charge is 2.41. The number of thiocarbonyl (C=S) groups is 1. The van der Waals surface area contributed by atoms with E-state index in [9.17, 15) is 0 Å². The summed E-state index contributed by atoms with van der Waals surface area (Å²) in [5.74, 6) is 1.61. The van der Waals surface area contributed by atoms with Gasteiger partial charge in [0, 0.05) is 30.3 Å². The Morgan fingerprint density at radius 3 is 2.34 bits per heavy atom. The van der Waals surface area contributed by atoms with Gasteiger partial charge in [-0.05, 0) is 85.2 Å². The molecule has 1 saturated heterocycles. The summed E-state index contributed by atoms with van der Waals surface area (Å²) >= 11 is 5.88. The van der Waals surface area contributed by atoms with Crippen LogP contribution < -0.4 is 15.0 Å². The number of aromatic nitrogens is 2. The zero-order chi connectivity index (χ0) is 23.6. The van der Waals surface area contributed by atoms with Crippen LogP contribution in [0.15, 0.2) is 97.5 Å². The van der Waals surface area contributed by atoms with E-state index in [0.29, 0.717) is 11.2 Å². The van der Waals surface area contributed by atoms with Gasteiger partial charge in [0.15, 0.2) is 5.11 Å². The number of nitrogens with one attached hydrogen (secondary N) is 1. The summed E-state index contributed by atoms with van der Waals surface area (Å²) < 4.78 is 8.40. The SMILES string of the molecule is S=C1N[C@@H](c2ccccn2)[C@@H](c2ccn(C3CCCC3)c2)N1c1ccc(Oc2ccccc2)cc1. The van der Waals surface area contributed by atoms with E-state index in [1.165, 1.54) is 31.2 Å². The van der Waals surface area contributed by atoms with Crippen molar-refractivity contribution >= 4 is 23.0 Å². The predicted molar refractivity (Wildman–Crippen MR) is 143 cm³/mol. The van der Waals surface area contributed by atoms with Crippen LogP contribution in [-0.2, 0) is 0 Å². The predicted octanol–water partition coefficient (Wildman–Crippen LogP) is 6.97. The molecule has 6 rings (SSSR count). The standard InChI is InChI=1S/C29H28N4OS/c35-29-31-27(26-12-6-7-18-30-26)28(21-17-19-32(20-21)22-8-4-5-9-22)33(29)23-13-15-25(16-14-23)34-24-10-2-1-3-11-24/h1-3,6-7,10-20,22,27-28H,4-5,8-9H2,(H,31,35)/t27-,28+/m0/s1. The number of pyridine rings is 1. The van der Waals surface area contributed by atoms with Crippen LogP contribution in [0.1, 0.15) is 55.1 Å². The zero-order valence-electron chi connectivity index (χ0n) is 19.5. The Labute approximate surface area is 211 Å². The Kier molecular flexibility index (Phi) is 5.96. The molecule has 6 heteroatoms. The van der Waals surface area contributed by atoms with E-state index >= 15 is 0 Å². The Balaban J connectivity index is 1.33. The second-order valence-corrected chi connectivity index (χ2v) is 9.62. The van der Waals surface area contributed by atoms with Crippen LogP contribution in [0.2, 0.25) is 0 Å². The lowest BCUT2D eigenvalue weighted by Crippen LogP contribution is -2.29. The third-order valence-corrected chi connectivity index (χ3v) is 7.33. The number of para-hydroxylation sites is 1. The van der Waals surface area contributed by atoms with Crippen LogP contribution in [-0.4, -0.2) is 14.7 Å². The van der Waals surface area contributed by atoms with Crippen molar-refractivity contribution in [3.05, 3.63) is 109 Å². The molecule has 0 radical (unpaired) electrons. The summed E-state index contributed by atoms with van der Waals surface area (Å²) in [5, 5.41) is 4.26. The molecule has 0 amide bonds. The van der Waals surface area contributed by atoms with Crippen molar-refractivity contribution in [2.75, 3.05) is 4.90 Å². The maximum atomic E-state index is 6.00. The lowest BCUT2D eigenvalue weighted by atomic mass is 9.98. The molecule has 3 heterocycles. The Hall–Kier alpha value is -3.64. The van der Waals surface area contributed by atoms with E-state index in [0.717, 1.165) is 22.9 Å². The molecule has 1 N–H and O–H groups in total. The summed E-state index contributed by atoms with van der Waals surface area (Å²) in [6, 6.07) is 26.8. The van der Waals surface area contributed by atoms with Gasteiger partial charge in [-0.1, -0.05) is 37.1 Å². The number of rotatable bonds is 6. The molecule has 5 nitrogen and oxygen atoms in total. The molecule has 2 aromatic heterocycles. The Bertz CT molecular complexity index is 1280. The maximum absolute atomic E-state index is 6.00. The van der Waals surface area contributed by atoms with Gasteiger partial charge < -0.3 is 19.5 Å². The highest BCUT2D eigenvalue weighted by molar-refractivity contribution is 7.80. The second kappa shape index (κ2) is 9.55. The van der Waals surface area contributed by atoms with Gasteiger partial charge in [-0.25, -0.2) is 0 Å². The molecule has 2 atom stereocenters. The largest absolute Gasteiger partial charge is 0.457 e. The molecule has 1 saturated carbocycles. The van der Waals surface area contributed by atoms with Crippen molar-refractivity contribution in [2.45, 2.75) is 43.8 Å². The molecule has 1 aliphatic carbocycles. The average Bonchev–Trinajstić information content (AvgIpc) is 3.66. The van der Waals surface area contributed by atoms with Gasteiger partial charge in [0.05, 0.1) is 17.8 Å². The van der Waals surface area contributed by atoms with Crippen molar-refractivity contribution in [2.24, 2.45) is 0 Å². The quantitative estimate of drug-likeness (QED) is 0.302. The highest BCUT2D eigenvalue weighted by Crippen LogP contribution is 2.43. The van der Waals surface area contributed by atoms with Gasteiger partial charge >= 0.3 is 0 Å². The molecule has 35 heavy (non-hydrogen) atoms. The summed E-state index contributed by atoms with van der Waals surface area (Å²) in [7, 11) is 0. The molecule has 1 aliphatic heterocycles. The van der Waals surface area contributed by atoms with E-state index in [4.69, 9.17) is 17.0 Å². The van der Waals surface area contributed by atoms with Gasteiger partial charge in [-0.2, -0.15) is 0 Å². The summed E-state index contributed by atoms with van der Waals surface area (Å²) in [6.45, 7) is 0. The summed E-state index contributed by atoms with van der Waals surface area (Å²) in [5.41, 5.74) is 3.25. The highest BCUT2D eigenvalue weighted by atomic mass is 32.1. The third-order valence-electron chi connectivity index (χ3n) is 7.02. The molecule has 2 aromatic carbocycles. The van der Waals surface area contributed by atoms with Gasteiger partial charge in [-0.3, -0.25) is 4.98 Å². The van der Waals surface area contributed by atoms with Crippen molar-refractivity contribution in [1.29, 1.82) is 0 Å². The van der Waals surface area contributed by atoms with E-state index in [1.54, 1.807) is 0 Å². The first-order valence-corrected chi connectivity index (χ1v) is 12.7. The molecular weight excluding hydrogens is 452 g/mol. The fourth-order valence-electron chi connectivity index (χ4n) is 5.31. The van der Waals surface area contributed by atoms with Gasteiger partial charge in [-0.15, -0.1) is 0 Å². The molecule has 0 bridgehead atoms. The van der Waals surface area contributed by atoms with Crippen LogP contribution in [0.5, 0.6) is 11.5 Å². The maximum Gasteiger partial charge on any atom is 0.174 e. The summed E-state index contributed by atoms with van der Waals surface area (Å²) in [6.07, 6.45) is 11.5. The average molecular weight is 481 g/mol. The number of nitrogens with zero attached hydrogens (tertiary/aromatic N) is 3. The van der Waals surface area contributed by atoms with Gasteiger partial charge in [0.2, 0.25) is 0 Å². The lowest BCUT2D eigenvalue weighted by molar-refractivity contribution is 0.482. The number of benzene rings is 2. The number of anilines is 1. The number of ether oxygens (including phenoxy) is 1. The van der Waals surface area contributed by atoms with Crippen molar-refractivity contribution in [3.8, 4) is 11.5 Å². The normalized spacial score (nSPS) is 20.2. The van der Waals surface area contributed by atoms with Crippen LogP contribution in [0.25, 0.3) is 0 Å². The monoisotopic (exact) mass is 480 g/mol. The minimum Gasteiger partial charge on any atom is -0.457 e. The third kappa shape index (κ3) is 4.42. The number of hydrogen-bond acceptors (Lipinski definition) is 3. The lowest BCUT2D eigenvalue weighted by Gasteiger charge is -2.27. The first-order chi connectivity index (χ1) is 17.3. The Morgan fingerprint density at radius 2 is 1.60 bits per heavy atom. The van der Waals surface area contributed by atoms with Crippen LogP contribution in [0.4, 0.5) is 5.69 Å². The molecule has 0 unspecified atom stereocenters. The fraction of sp³-hybridized carbons (Fsp3) is 0.241. The van der Waals surface area contributed by atoms with E-state index in [1.807, 2.05) is 60.8 Å². The number of hydrogen-bond donors (Lipinski definition) is 1. The molecule has 176 valence electrons. The van der Waals surface area contributed by atoms with Crippen LogP contribution in [0, 0.1) is 0 Å². The second-order valence-electron chi connectivity index (χ2n) is 9.24. The minimum atomic E-state index is -0.0385. The Morgan fingerprint density at radius 1 is 0.857 bits per heavy atom. The fourth-order valence-corrected chi connectivity index (χ4v) is 5.65. The smallest absolute Gasteiger partial charge is 0.174 e. The first-order valence-electron chi connectivity index (χ1n) is 12.3. The molecule has 4 aromatic rings. The zero-order valence-corrected chi connectivity index (χ0v) is 20.3. The molecule has 2 aliphatic rings. The summed E-state index contributed by atoms with van der Waals surface area (Å²) in [4.78, 5) is 6.89. The first kappa shape index (κ1) is 21.9. The van der Waals surface area contributed by atoms with Gasteiger partial charge in [0.25, 0.3) is 0 Å². The van der Waals surface area contributed by atoms with E-state index in [2.05, 4.69) is 56.4 Å². The minimum absolute atomic E-state index is 0.000875. The van der Waals surface area contributed by atoms with Crippen molar-refractivity contribution in [1.82, 2.24) is 14.9 Å². The molecular formula is C29H28N4OS. The van der Waals surface area contributed by atoms with Gasteiger partial charge in [0.1, 0.15) is 11.5 Å². The van der Waals surface area contributed by atoms with Crippen LogP contribution in [0.3, 0.4) is 0 Å². The van der Waals surface area contributed by atoms with E-state index < -0.39 is 0 Å². The van der Waals surface area contributed by atoms with Crippen molar-refractivity contribution < 1.29 is 4.74 Å². The molecule has 0 spiro atoms. The van der Waals surface area contributed by atoms with Crippen molar-refractivity contribution in [3.63, 3.8) is 0 Å². The van der Waals surface area contributed by atoms with Crippen LogP contribution >= 0.6 is 12.2 Å².